The van der Waals surface area contributed by atoms with Gasteiger partial charge in [0.2, 0.25) is 0 Å². The molecule has 0 aliphatic heterocycles. The van der Waals surface area contributed by atoms with Gasteiger partial charge in [0.15, 0.2) is 11.6 Å². The number of benzene rings is 1. The predicted molar refractivity (Wildman–Crippen MR) is 92.2 cm³/mol. The minimum absolute atomic E-state index is 0.303. The number of hydrogen-bond acceptors (Lipinski definition) is 4. The Hall–Kier alpha value is -2.92. The van der Waals surface area contributed by atoms with Crippen LogP contribution in [0.3, 0.4) is 0 Å². The Balaban J connectivity index is 1.73. The number of ether oxygens (including phenoxy) is 1. The summed E-state index contributed by atoms with van der Waals surface area (Å²) in [6.07, 6.45) is 5.01. The Morgan fingerprint density at radius 2 is 2.00 bits per heavy atom. The summed E-state index contributed by atoms with van der Waals surface area (Å²) < 4.78 is 5.74. The van der Waals surface area contributed by atoms with Gasteiger partial charge in [-0.1, -0.05) is 23.7 Å². The minimum Gasteiger partial charge on any atom is -0.485 e. The summed E-state index contributed by atoms with van der Waals surface area (Å²) in [4.78, 5) is 20.5. The van der Waals surface area contributed by atoms with Crippen molar-refractivity contribution >= 4 is 23.3 Å². The molecule has 1 N–H and O–H groups in total. The highest BCUT2D eigenvalue weighted by Crippen LogP contribution is 2.23. The number of carbonyl (C=O) groups excluding carboxylic acids is 1. The average molecular weight is 340 g/mol. The molecule has 120 valence electrons. The summed E-state index contributed by atoms with van der Waals surface area (Å²) in [7, 11) is 0. The third-order valence-electron chi connectivity index (χ3n) is 3.21. The molecule has 0 radical (unpaired) electrons. The van der Waals surface area contributed by atoms with Gasteiger partial charge in [-0.25, -0.2) is 4.98 Å². The van der Waals surface area contributed by atoms with Crippen LogP contribution in [0.2, 0.25) is 5.02 Å². The molecule has 0 spiro atoms. The molecule has 0 bridgehead atoms. The Bertz CT molecular complexity index is 840. The number of hydrogen-bond donors (Lipinski definition) is 1. The number of aromatic nitrogens is 2. The van der Waals surface area contributed by atoms with Crippen molar-refractivity contribution in [1.29, 1.82) is 0 Å². The summed E-state index contributed by atoms with van der Waals surface area (Å²) in [6.45, 7) is 0.333. The van der Waals surface area contributed by atoms with Crippen LogP contribution in [-0.4, -0.2) is 15.9 Å². The van der Waals surface area contributed by atoms with Crippen molar-refractivity contribution in [3.05, 3.63) is 83.3 Å². The lowest BCUT2D eigenvalue weighted by Gasteiger charge is -2.11. The monoisotopic (exact) mass is 339 g/mol. The number of amides is 1. The van der Waals surface area contributed by atoms with Crippen molar-refractivity contribution in [1.82, 2.24) is 9.97 Å². The molecule has 1 amide bonds. The Labute approximate surface area is 144 Å². The van der Waals surface area contributed by atoms with E-state index in [4.69, 9.17) is 16.3 Å². The lowest BCUT2D eigenvalue weighted by atomic mass is 10.2. The van der Waals surface area contributed by atoms with E-state index in [1.807, 2.05) is 12.1 Å². The normalized spacial score (nSPS) is 10.2. The first-order valence-corrected chi connectivity index (χ1v) is 7.64. The van der Waals surface area contributed by atoms with Gasteiger partial charge in [-0.2, -0.15) is 0 Å². The summed E-state index contributed by atoms with van der Waals surface area (Å²) in [6, 6.07) is 13.9. The van der Waals surface area contributed by atoms with Gasteiger partial charge in [-0.3, -0.25) is 9.78 Å². The van der Waals surface area contributed by atoms with Gasteiger partial charge in [0.05, 0.1) is 0 Å². The van der Waals surface area contributed by atoms with Crippen LogP contribution in [0.1, 0.15) is 15.9 Å². The Morgan fingerprint density at radius 1 is 1.12 bits per heavy atom. The fourth-order valence-electron chi connectivity index (χ4n) is 2.05. The standard InChI is InChI=1S/C18H14ClN3O2/c19-15-6-1-5-14(10-15)18(23)22-17-16(7-3-9-21-17)24-12-13-4-2-8-20-11-13/h1-11H,12H2,(H,21,22,23). The van der Waals surface area contributed by atoms with Gasteiger partial charge < -0.3 is 10.1 Å². The lowest BCUT2D eigenvalue weighted by Crippen LogP contribution is -2.14. The summed E-state index contributed by atoms with van der Waals surface area (Å²) in [5.74, 6) is 0.533. The first kappa shape index (κ1) is 16.0. The minimum atomic E-state index is -0.303. The molecular formula is C18H14ClN3O2. The van der Waals surface area contributed by atoms with Crippen molar-refractivity contribution < 1.29 is 9.53 Å². The first-order chi connectivity index (χ1) is 11.7. The highest BCUT2D eigenvalue weighted by molar-refractivity contribution is 6.31. The van der Waals surface area contributed by atoms with Gasteiger partial charge in [0, 0.05) is 34.7 Å². The van der Waals surface area contributed by atoms with Crippen LogP contribution in [0.15, 0.2) is 67.1 Å². The molecule has 1 aromatic carbocycles. The van der Waals surface area contributed by atoms with E-state index in [2.05, 4.69) is 15.3 Å². The smallest absolute Gasteiger partial charge is 0.256 e. The van der Waals surface area contributed by atoms with Crippen LogP contribution in [0.5, 0.6) is 5.75 Å². The second kappa shape index (κ2) is 7.57. The van der Waals surface area contributed by atoms with Gasteiger partial charge in [-0.05, 0) is 36.4 Å². The van der Waals surface area contributed by atoms with Crippen LogP contribution >= 0.6 is 11.6 Å². The molecule has 0 saturated carbocycles. The maximum absolute atomic E-state index is 12.3. The molecule has 0 aliphatic rings. The third kappa shape index (κ3) is 4.08. The molecule has 24 heavy (non-hydrogen) atoms. The Morgan fingerprint density at radius 3 is 2.79 bits per heavy atom. The maximum Gasteiger partial charge on any atom is 0.256 e. The molecule has 0 unspecified atom stereocenters. The van der Waals surface area contributed by atoms with E-state index < -0.39 is 0 Å². The molecule has 0 saturated heterocycles. The average Bonchev–Trinajstić information content (AvgIpc) is 2.62. The molecule has 2 aromatic heterocycles. The number of anilines is 1. The maximum atomic E-state index is 12.3. The zero-order valence-electron chi connectivity index (χ0n) is 12.6. The van der Waals surface area contributed by atoms with Crippen molar-refractivity contribution in [2.45, 2.75) is 6.61 Å². The quantitative estimate of drug-likeness (QED) is 0.764. The number of carbonyl (C=O) groups is 1. The van der Waals surface area contributed by atoms with E-state index in [0.29, 0.717) is 28.8 Å². The van der Waals surface area contributed by atoms with E-state index in [0.717, 1.165) is 5.56 Å². The van der Waals surface area contributed by atoms with Crippen molar-refractivity contribution in [3.8, 4) is 5.75 Å². The topological polar surface area (TPSA) is 64.1 Å². The highest BCUT2D eigenvalue weighted by Gasteiger charge is 2.11. The second-order valence-electron chi connectivity index (χ2n) is 4.96. The number of nitrogens with zero attached hydrogens (tertiary/aromatic N) is 2. The third-order valence-corrected chi connectivity index (χ3v) is 3.44. The number of nitrogens with one attached hydrogen (secondary N) is 1. The summed E-state index contributed by atoms with van der Waals surface area (Å²) >= 11 is 5.91. The van der Waals surface area contributed by atoms with Crippen molar-refractivity contribution in [3.63, 3.8) is 0 Å². The molecule has 0 aliphatic carbocycles. The zero-order chi connectivity index (χ0) is 16.8. The molecule has 5 nitrogen and oxygen atoms in total. The molecule has 2 heterocycles. The first-order valence-electron chi connectivity index (χ1n) is 7.26. The molecule has 6 heteroatoms. The van der Waals surface area contributed by atoms with Crippen LogP contribution in [0.25, 0.3) is 0 Å². The van der Waals surface area contributed by atoms with Crippen LogP contribution in [-0.2, 0) is 6.61 Å². The van der Waals surface area contributed by atoms with Crippen LogP contribution in [0, 0.1) is 0 Å². The molecular weight excluding hydrogens is 326 g/mol. The van der Waals surface area contributed by atoms with Crippen LogP contribution < -0.4 is 10.1 Å². The van der Waals surface area contributed by atoms with Gasteiger partial charge >= 0.3 is 0 Å². The fourth-order valence-corrected chi connectivity index (χ4v) is 2.25. The number of pyridine rings is 2. The summed E-state index contributed by atoms with van der Waals surface area (Å²) in [5.41, 5.74) is 1.37. The SMILES string of the molecule is O=C(Nc1ncccc1OCc1cccnc1)c1cccc(Cl)c1. The van der Waals surface area contributed by atoms with Gasteiger partial charge in [0.1, 0.15) is 6.61 Å². The van der Waals surface area contributed by atoms with E-state index in [9.17, 15) is 4.79 Å². The largest absolute Gasteiger partial charge is 0.485 e. The van der Waals surface area contributed by atoms with E-state index >= 15 is 0 Å². The molecule has 3 rings (SSSR count). The van der Waals surface area contributed by atoms with E-state index in [1.165, 1.54) is 0 Å². The lowest BCUT2D eigenvalue weighted by molar-refractivity contribution is 0.102. The van der Waals surface area contributed by atoms with Crippen LogP contribution in [0.4, 0.5) is 5.82 Å². The predicted octanol–water partition coefficient (Wildman–Crippen LogP) is 3.96. The van der Waals surface area contributed by atoms with Crippen molar-refractivity contribution in [2.75, 3.05) is 5.32 Å². The summed E-state index contributed by atoms with van der Waals surface area (Å²) in [5, 5.41) is 3.24. The molecule has 3 aromatic rings. The zero-order valence-corrected chi connectivity index (χ0v) is 13.4. The van der Waals surface area contributed by atoms with Gasteiger partial charge in [0.25, 0.3) is 5.91 Å². The number of halogens is 1. The molecule has 0 fully saturated rings. The fraction of sp³-hybridized carbons (Fsp3) is 0.0556. The highest BCUT2D eigenvalue weighted by atomic mass is 35.5. The van der Waals surface area contributed by atoms with Gasteiger partial charge in [-0.15, -0.1) is 0 Å². The van der Waals surface area contributed by atoms with E-state index in [-0.39, 0.29) is 5.91 Å². The number of rotatable bonds is 5. The molecule has 0 atom stereocenters. The Kier molecular flexibility index (Phi) is 5.03. The van der Waals surface area contributed by atoms with E-state index in [1.54, 1.807) is 55.0 Å². The second-order valence-corrected chi connectivity index (χ2v) is 5.40. The van der Waals surface area contributed by atoms with Crippen molar-refractivity contribution in [2.24, 2.45) is 0 Å².